The monoisotopic (exact) mass is 346 g/mol. The highest BCUT2D eigenvalue weighted by molar-refractivity contribution is 5.63. The minimum absolute atomic E-state index is 0.465. The molecule has 0 spiro atoms. The molecule has 1 atom stereocenters. The Morgan fingerprint density at radius 1 is 1.19 bits per heavy atom. The van der Waals surface area contributed by atoms with Gasteiger partial charge in [0.1, 0.15) is 0 Å². The fourth-order valence-electron chi connectivity index (χ4n) is 3.03. The molecule has 1 aromatic heterocycles. The minimum Gasteiger partial charge on any atom is -0.387 e. The summed E-state index contributed by atoms with van der Waals surface area (Å²) in [4.78, 5) is 0. The molecule has 0 saturated carbocycles. The lowest BCUT2D eigenvalue weighted by atomic mass is 10.0. The van der Waals surface area contributed by atoms with Gasteiger partial charge in [-0.15, -0.1) is 0 Å². The Bertz CT molecular complexity index is 922. The molecule has 0 fully saturated rings. The van der Waals surface area contributed by atoms with Gasteiger partial charge in [0.2, 0.25) is 0 Å². The Labute approximate surface area is 153 Å². The molecule has 5 heteroatoms. The van der Waals surface area contributed by atoms with Crippen LogP contribution in [-0.2, 0) is 13.6 Å². The van der Waals surface area contributed by atoms with Crippen LogP contribution in [0.15, 0.2) is 54.7 Å². The van der Waals surface area contributed by atoms with Crippen molar-refractivity contribution < 1.29 is 5.11 Å². The van der Waals surface area contributed by atoms with E-state index in [1.807, 2.05) is 56.6 Å². The number of nitriles is 1. The fourth-order valence-corrected chi connectivity index (χ4v) is 3.03. The lowest BCUT2D eigenvalue weighted by Gasteiger charge is -2.14. The summed E-state index contributed by atoms with van der Waals surface area (Å²) in [5, 5.41) is 27.2. The third-order valence-corrected chi connectivity index (χ3v) is 4.39. The van der Waals surface area contributed by atoms with Crippen LogP contribution in [0.2, 0.25) is 0 Å². The van der Waals surface area contributed by atoms with Gasteiger partial charge in [-0.2, -0.15) is 10.4 Å². The van der Waals surface area contributed by atoms with Gasteiger partial charge in [0.25, 0.3) is 0 Å². The lowest BCUT2D eigenvalue weighted by Crippen LogP contribution is -2.21. The average molecular weight is 346 g/mol. The molecule has 0 saturated heterocycles. The van der Waals surface area contributed by atoms with Crippen LogP contribution in [0.5, 0.6) is 0 Å². The Morgan fingerprint density at radius 2 is 1.92 bits per heavy atom. The zero-order valence-corrected chi connectivity index (χ0v) is 15.0. The van der Waals surface area contributed by atoms with E-state index in [9.17, 15) is 5.11 Å². The van der Waals surface area contributed by atoms with Crippen molar-refractivity contribution in [3.8, 4) is 17.3 Å². The summed E-state index contributed by atoms with van der Waals surface area (Å²) >= 11 is 0. The van der Waals surface area contributed by atoms with E-state index in [0.29, 0.717) is 18.7 Å². The van der Waals surface area contributed by atoms with Gasteiger partial charge in [-0.25, -0.2) is 0 Å². The predicted octanol–water partition coefficient (Wildman–Crippen LogP) is 3.09. The van der Waals surface area contributed by atoms with Crippen molar-refractivity contribution in [1.82, 2.24) is 15.1 Å². The van der Waals surface area contributed by atoms with E-state index in [1.165, 1.54) is 0 Å². The molecular weight excluding hydrogens is 324 g/mol. The number of hydrogen-bond acceptors (Lipinski definition) is 4. The van der Waals surface area contributed by atoms with Gasteiger partial charge in [0.15, 0.2) is 0 Å². The highest BCUT2D eigenvalue weighted by Crippen LogP contribution is 2.23. The van der Waals surface area contributed by atoms with Gasteiger partial charge in [0, 0.05) is 37.5 Å². The quantitative estimate of drug-likeness (QED) is 0.719. The SMILES string of the molecule is Cc1ccccc1C(O)CNCc1cn(C)nc1-c1ccc(C#N)cc1. The van der Waals surface area contributed by atoms with Gasteiger partial charge in [-0.3, -0.25) is 4.68 Å². The first-order valence-electron chi connectivity index (χ1n) is 8.56. The van der Waals surface area contributed by atoms with E-state index in [-0.39, 0.29) is 0 Å². The summed E-state index contributed by atoms with van der Waals surface area (Å²) in [7, 11) is 1.89. The minimum atomic E-state index is -0.550. The third-order valence-electron chi connectivity index (χ3n) is 4.39. The predicted molar refractivity (Wildman–Crippen MR) is 101 cm³/mol. The van der Waals surface area contributed by atoms with E-state index in [4.69, 9.17) is 5.26 Å². The van der Waals surface area contributed by atoms with Gasteiger partial charge < -0.3 is 10.4 Å². The highest BCUT2D eigenvalue weighted by Gasteiger charge is 2.13. The summed E-state index contributed by atoms with van der Waals surface area (Å²) < 4.78 is 1.78. The zero-order chi connectivity index (χ0) is 18.5. The normalized spacial score (nSPS) is 11.9. The first-order chi connectivity index (χ1) is 12.6. The maximum absolute atomic E-state index is 10.4. The van der Waals surface area contributed by atoms with Crippen LogP contribution in [0, 0.1) is 18.3 Å². The molecule has 0 radical (unpaired) electrons. The molecule has 0 aliphatic rings. The Hall–Kier alpha value is -2.94. The molecule has 0 aliphatic heterocycles. The van der Waals surface area contributed by atoms with E-state index in [0.717, 1.165) is 27.9 Å². The molecule has 3 rings (SSSR count). The maximum Gasteiger partial charge on any atom is 0.0991 e. The standard InChI is InChI=1S/C21H22N4O/c1-15-5-3-4-6-19(15)20(26)13-23-12-18-14-25(2)24-21(18)17-9-7-16(11-22)8-10-17/h3-10,14,20,23,26H,12-13H2,1-2H3. The Balaban J connectivity index is 1.69. The second kappa shape index (κ2) is 7.96. The molecule has 2 aromatic carbocycles. The van der Waals surface area contributed by atoms with Crippen molar-refractivity contribution in [2.75, 3.05) is 6.54 Å². The molecule has 1 heterocycles. The third kappa shape index (κ3) is 3.99. The molecule has 132 valence electrons. The van der Waals surface area contributed by atoms with Crippen LogP contribution < -0.4 is 5.32 Å². The van der Waals surface area contributed by atoms with Crippen molar-refractivity contribution in [2.45, 2.75) is 19.6 Å². The van der Waals surface area contributed by atoms with E-state index < -0.39 is 6.10 Å². The number of rotatable bonds is 6. The zero-order valence-electron chi connectivity index (χ0n) is 15.0. The number of nitrogens with zero attached hydrogens (tertiary/aromatic N) is 3. The van der Waals surface area contributed by atoms with Crippen molar-refractivity contribution in [3.05, 3.63) is 77.0 Å². The van der Waals surface area contributed by atoms with Crippen molar-refractivity contribution in [2.24, 2.45) is 7.05 Å². The second-order valence-electron chi connectivity index (χ2n) is 6.37. The Morgan fingerprint density at radius 3 is 2.62 bits per heavy atom. The molecule has 5 nitrogen and oxygen atoms in total. The summed E-state index contributed by atoms with van der Waals surface area (Å²) in [5.74, 6) is 0. The van der Waals surface area contributed by atoms with Crippen LogP contribution >= 0.6 is 0 Å². The van der Waals surface area contributed by atoms with Crippen molar-refractivity contribution >= 4 is 0 Å². The number of aromatic nitrogens is 2. The van der Waals surface area contributed by atoms with E-state index in [1.54, 1.807) is 16.8 Å². The van der Waals surface area contributed by atoms with Crippen LogP contribution in [0.4, 0.5) is 0 Å². The Kier molecular flexibility index (Phi) is 5.47. The van der Waals surface area contributed by atoms with Gasteiger partial charge in [-0.1, -0.05) is 36.4 Å². The van der Waals surface area contributed by atoms with Gasteiger partial charge >= 0.3 is 0 Å². The van der Waals surface area contributed by atoms with E-state index >= 15 is 0 Å². The maximum atomic E-state index is 10.4. The molecule has 26 heavy (non-hydrogen) atoms. The molecule has 0 aliphatic carbocycles. The molecule has 1 unspecified atom stereocenters. The number of hydrogen-bond donors (Lipinski definition) is 2. The van der Waals surface area contributed by atoms with Crippen molar-refractivity contribution in [3.63, 3.8) is 0 Å². The number of aliphatic hydroxyl groups is 1. The van der Waals surface area contributed by atoms with Gasteiger partial charge in [-0.05, 0) is 30.2 Å². The fraction of sp³-hybridized carbons (Fsp3) is 0.238. The molecule has 3 aromatic rings. The first kappa shape index (κ1) is 17.9. The van der Waals surface area contributed by atoms with Gasteiger partial charge in [0.05, 0.1) is 23.4 Å². The summed E-state index contributed by atoms with van der Waals surface area (Å²) in [6, 6.07) is 17.4. The number of aryl methyl sites for hydroxylation is 2. The molecular formula is C21H22N4O. The number of aliphatic hydroxyl groups excluding tert-OH is 1. The number of benzene rings is 2. The summed E-state index contributed by atoms with van der Waals surface area (Å²) in [6.07, 6.45) is 1.42. The van der Waals surface area contributed by atoms with Crippen LogP contribution in [0.3, 0.4) is 0 Å². The molecule has 2 N–H and O–H groups in total. The second-order valence-corrected chi connectivity index (χ2v) is 6.37. The lowest BCUT2D eigenvalue weighted by molar-refractivity contribution is 0.173. The van der Waals surface area contributed by atoms with Crippen molar-refractivity contribution in [1.29, 1.82) is 5.26 Å². The number of nitrogens with one attached hydrogen (secondary N) is 1. The summed E-state index contributed by atoms with van der Waals surface area (Å²) in [5.41, 5.74) is 5.57. The van der Waals surface area contributed by atoms with Crippen LogP contribution in [0.25, 0.3) is 11.3 Å². The smallest absolute Gasteiger partial charge is 0.0991 e. The highest BCUT2D eigenvalue weighted by atomic mass is 16.3. The average Bonchev–Trinajstić information content (AvgIpc) is 3.02. The first-order valence-corrected chi connectivity index (χ1v) is 8.56. The largest absolute Gasteiger partial charge is 0.387 e. The molecule has 0 amide bonds. The van der Waals surface area contributed by atoms with Crippen LogP contribution in [-0.4, -0.2) is 21.4 Å². The van der Waals surface area contributed by atoms with Crippen LogP contribution in [0.1, 0.15) is 28.4 Å². The van der Waals surface area contributed by atoms with E-state index in [2.05, 4.69) is 16.5 Å². The molecule has 0 bridgehead atoms. The topological polar surface area (TPSA) is 73.9 Å². The summed E-state index contributed by atoms with van der Waals surface area (Å²) in [6.45, 7) is 3.07.